The smallest absolute Gasteiger partial charge is 0.0750 e. The molecule has 0 bridgehead atoms. The molecule has 13 heavy (non-hydrogen) atoms. The van der Waals surface area contributed by atoms with Gasteiger partial charge in [-0.25, -0.2) is 7.11 Å². The molecule has 0 aliphatic heterocycles. The predicted molar refractivity (Wildman–Crippen MR) is 50.5 cm³/mol. The first-order valence-electron chi connectivity index (χ1n) is 4.43. The van der Waals surface area contributed by atoms with Crippen LogP contribution in [-0.2, 0) is 37.4 Å². The summed E-state index contributed by atoms with van der Waals surface area (Å²) in [6, 6.07) is 0. The second kappa shape index (κ2) is 8.04. The summed E-state index contributed by atoms with van der Waals surface area (Å²) in [6.07, 6.45) is 4.59. The van der Waals surface area contributed by atoms with Gasteiger partial charge in [-0.1, -0.05) is 24.6 Å². The fraction of sp³-hybridized carbons (Fsp3) is 0.700. The van der Waals surface area contributed by atoms with Crippen molar-refractivity contribution in [2.75, 3.05) is 6.61 Å². The van der Waals surface area contributed by atoms with Gasteiger partial charge in [-0.15, -0.1) is 5.92 Å². The summed E-state index contributed by atoms with van der Waals surface area (Å²) in [5.41, 5.74) is 0. The molecule has 2 unspecified atom stereocenters. The van der Waals surface area contributed by atoms with Crippen LogP contribution in [0.15, 0.2) is 0 Å². The van der Waals surface area contributed by atoms with E-state index >= 15 is 0 Å². The van der Waals surface area contributed by atoms with Gasteiger partial charge in [-0.3, -0.25) is 0 Å². The molecule has 67 valence electrons. The van der Waals surface area contributed by atoms with Crippen LogP contribution in [-0.4, -0.2) is 14.5 Å². The summed E-state index contributed by atoms with van der Waals surface area (Å²) < 4.78 is 4.58. The van der Waals surface area contributed by atoms with Gasteiger partial charge in [0.05, 0.1) is 14.5 Å². The van der Waals surface area contributed by atoms with Gasteiger partial charge < -0.3 is 4.74 Å². The Kier molecular flexibility index (Phi) is 8.46. The topological polar surface area (TPSA) is 9.23 Å². The molecule has 3 radical (unpaired) electrons. The van der Waals surface area contributed by atoms with Crippen LogP contribution >= 0.6 is 0 Å². The normalized spacial score (nSPS) is 25.9. The monoisotopic (exact) mass is 250 g/mol. The first-order valence-corrected chi connectivity index (χ1v) is 4.43. The average Bonchev–Trinajstić information content (AvgIpc) is 2.46. The zero-order valence-corrected chi connectivity index (χ0v) is 10.8. The molecule has 1 aliphatic rings. The quantitative estimate of drug-likeness (QED) is 0.413. The van der Waals surface area contributed by atoms with Crippen molar-refractivity contribution < 1.29 is 37.4 Å². The Morgan fingerprint density at radius 1 is 1.38 bits per heavy atom. The van der Waals surface area contributed by atoms with Crippen LogP contribution in [0, 0.1) is 24.9 Å². The van der Waals surface area contributed by atoms with Crippen molar-refractivity contribution in [2.24, 2.45) is 5.92 Å². The molecular weight excluding hydrogens is 236 g/mol. The van der Waals surface area contributed by atoms with Gasteiger partial charge in [-0.2, -0.15) is 0 Å². The standard InChI is InChI=1S/C10H14BO.Y/c1-12-8-3-2-5-9-6-4-7-10(9)11;/h9-10H,1,4-8H2;/q-1;. The van der Waals surface area contributed by atoms with Gasteiger partial charge >= 0.3 is 0 Å². The first-order chi connectivity index (χ1) is 5.84. The average molecular weight is 250 g/mol. The van der Waals surface area contributed by atoms with Gasteiger partial charge in [-0.05, 0) is 12.3 Å². The molecule has 0 amide bonds. The molecule has 1 nitrogen and oxygen atoms in total. The van der Waals surface area contributed by atoms with E-state index in [4.69, 9.17) is 7.85 Å². The summed E-state index contributed by atoms with van der Waals surface area (Å²) in [5, 5.41) is 0. The zero-order valence-electron chi connectivity index (χ0n) is 7.96. The van der Waals surface area contributed by atoms with Gasteiger partial charge in [0.15, 0.2) is 0 Å². The molecule has 0 saturated heterocycles. The van der Waals surface area contributed by atoms with E-state index < -0.39 is 0 Å². The number of hydrogen-bond acceptors (Lipinski definition) is 1. The summed E-state index contributed by atoms with van der Waals surface area (Å²) in [4.78, 5) is 0. The van der Waals surface area contributed by atoms with Gasteiger partial charge in [0.25, 0.3) is 0 Å². The maximum Gasteiger partial charge on any atom is 0.0750 e. The van der Waals surface area contributed by atoms with Crippen molar-refractivity contribution >= 4 is 7.85 Å². The molecule has 3 heteroatoms. The van der Waals surface area contributed by atoms with Crippen LogP contribution in [0.4, 0.5) is 0 Å². The predicted octanol–water partition coefficient (Wildman–Crippen LogP) is 1.94. The van der Waals surface area contributed by atoms with Crippen LogP contribution < -0.4 is 0 Å². The van der Waals surface area contributed by atoms with Crippen molar-refractivity contribution in [3.63, 3.8) is 0 Å². The van der Waals surface area contributed by atoms with Crippen molar-refractivity contribution in [3.05, 3.63) is 7.11 Å². The molecule has 0 aromatic rings. The van der Waals surface area contributed by atoms with E-state index in [1.165, 1.54) is 12.8 Å². The molecule has 1 fully saturated rings. The summed E-state index contributed by atoms with van der Waals surface area (Å²) in [6.45, 7) is 0.432. The first kappa shape index (κ1) is 13.7. The van der Waals surface area contributed by atoms with E-state index in [0.29, 0.717) is 18.3 Å². The molecule has 0 heterocycles. The van der Waals surface area contributed by atoms with Gasteiger partial charge in [0.2, 0.25) is 0 Å². The largest absolute Gasteiger partial charge is 0.546 e. The maximum atomic E-state index is 5.88. The second-order valence-corrected chi connectivity index (χ2v) is 3.26. The molecular formula is C10H14BOY-. The number of hydrogen-bond donors (Lipinski definition) is 0. The summed E-state index contributed by atoms with van der Waals surface area (Å²) >= 11 is 0. The molecule has 2 atom stereocenters. The van der Waals surface area contributed by atoms with Crippen molar-refractivity contribution in [2.45, 2.75) is 31.5 Å². The Bertz CT molecular complexity index is 185. The molecule has 1 saturated carbocycles. The molecule has 0 aromatic carbocycles. The molecule has 0 N–H and O–H groups in total. The van der Waals surface area contributed by atoms with E-state index in [1.807, 2.05) is 0 Å². The Morgan fingerprint density at radius 2 is 2.15 bits per heavy atom. The minimum Gasteiger partial charge on any atom is -0.546 e. The Morgan fingerprint density at radius 3 is 2.69 bits per heavy atom. The van der Waals surface area contributed by atoms with Crippen LogP contribution in [0.1, 0.15) is 25.7 Å². The minimum absolute atomic E-state index is 0. The van der Waals surface area contributed by atoms with Crippen LogP contribution in [0.5, 0.6) is 0 Å². The fourth-order valence-corrected chi connectivity index (χ4v) is 1.62. The third-order valence-electron chi connectivity index (χ3n) is 2.38. The fourth-order valence-electron chi connectivity index (χ4n) is 1.62. The number of rotatable bonds is 2. The van der Waals surface area contributed by atoms with Gasteiger partial charge in [0.1, 0.15) is 0 Å². The summed E-state index contributed by atoms with van der Waals surface area (Å²) in [7, 11) is 9.13. The Balaban J connectivity index is 0.00000144. The number of ether oxygens (including phenoxy) is 1. The second-order valence-electron chi connectivity index (χ2n) is 3.26. The Labute approximate surface area is 108 Å². The van der Waals surface area contributed by atoms with Crippen LogP contribution in [0.2, 0.25) is 5.82 Å². The SMILES string of the molecule is [B]C1CCCC1CC#CCO[CH2-].[Y]. The van der Waals surface area contributed by atoms with Crippen molar-refractivity contribution in [1.82, 2.24) is 0 Å². The van der Waals surface area contributed by atoms with E-state index in [2.05, 4.69) is 23.7 Å². The minimum atomic E-state index is 0. The van der Waals surface area contributed by atoms with E-state index in [1.54, 1.807) is 0 Å². The van der Waals surface area contributed by atoms with Crippen LogP contribution in [0.25, 0.3) is 0 Å². The third kappa shape index (κ3) is 5.21. The van der Waals surface area contributed by atoms with E-state index in [9.17, 15) is 0 Å². The van der Waals surface area contributed by atoms with Crippen LogP contribution in [0.3, 0.4) is 0 Å². The maximum absolute atomic E-state index is 5.88. The summed E-state index contributed by atoms with van der Waals surface area (Å²) in [5.74, 6) is 6.94. The molecule has 0 spiro atoms. The zero-order chi connectivity index (χ0) is 8.81. The van der Waals surface area contributed by atoms with Crippen molar-refractivity contribution in [3.8, 4) is 11.8 Å². The Hall–Kier alpha value is 0.689. The third-order valence-corrected chi connectivity index (χ3v) is 2.38. The van der Waals surface area contributed by atoms with Crippen molar-refractivity contribution in [1.29, 1.82) is 0 Å². The van der Waals surface area contributed by atoms with Gasteiger partial charge in [0, 0.05) is 39.1 Å². The van der Waals surface area contributed by atoms with E-state index in [0.717, 1.165) is 12.8 Å². The molecule has 0 aromatic heterocycles. The van der Waals surface area contributed by atoms with E-state index in [-0.39, 0.29) is 32.7 Å². The molecule has 1 aliphatic carbocycles. The molecule has 1 rings (SSSR count).